The minimum Gasteiger partial charge on any atom is -0.306 e. The van der Waals surface area contributed by atoms with Crippen molar-refractivity contribution in [1.82, 2.24) is 15.1 Å². The molecular weight excluding hydrogens is 346 g/mol. The van der Waals surface area contributed by atoms with Crippen LogP contribution >= 0.6 is 27.3 Å². The van der Waals surface area contributed by atoms with E-state index in [9.17, 15) is 0 Å². The molecule has 0 unspecified atom stereocenters. The third-order valence-electron chi connectivity index (χ3n) is 3.33. The Bertz CT molecular complexity index is 732. The van der Waals surface area contributed by atoms with E-state index in [2.05, 4.69) is 56.7 Å². The zero-order chi connectivity index (χ0) is 14.7. The summed E-state index contributed by atoms with van der Waals surface area (Å²) in [6.07, 6.45) is 1.83. The molecule has 0 aliphatic rings. The molecule has 0 bridgehead atoms. The second-order valence-corrected chi connectivity index (χ2v) is 6.82. The predicted molar refractivity (Wildman–Crippen MR) is 91.2 cm³/mol. The van der Waals surface area contributed by atoms with Crippen LogP contribution in [0, 0.1) is 0 Å². The lowest BCUT2D eigenvalue weighted by Gasteiger charge is -2.03. The van der Waals surface area contributed by atoms with Gasteiger partial charge in [0.25, 0.3) is 0 Å². The van der Waals surface area contributed by atoms with Crippen molar-refractivity contribution in [3.8, 4) is 10.4 Å². The van der Waals surface area contributed by atoms with Gasteiger partial charge in [0, 0.05) is 46.1 Å². The minimum absolute atomic E-state index is 0.832. The van der Waals surface area contributed by atoms with E-state index >= 15 is 0 Å². The standard InChI is InChI=1S/C16H16BrN3S/c1-20-12(8-9-19-20)10-18-11-13-6-7-16(21-13)14-4-2-3-5-15(14)17/h2-9,18H,10-11H2,1H3. The van der Waals surface area contributed by atoms with E-state index in [0.29, 0.717) is 0 Å². The van der Waals surface area contributed by atoms with E-state index in [-0.39, 0.29) is 0 Å². The zero-order valence-corrected chi connectivity index (χ0v) is 14.1. The third-order valence-corrected chi connectivity index (χ3v) is 5.14. The molecule has 3 rings (SSSR count). The molecule has 0 aliphatic carbocycles. The molecule has 0 radical (unpaired) electrons. The first-order valence-electron chi connectivity index (χ1n) is 6.75. The molecule has 0 fully saturated rings. The molecule has 1 aromatic carbocycles. The predicted octanol–water partition coefficient (Wildman–Crippen LogP) is 4.20. The number of hydrogen-bond donors (Lipinski definition) is 1. The number of aromatic nitrogens is 2. The Balaban J connectivity index is 1.63. The summed E-state index contributed by atoms with van der Waals surface area (Å²) in [5.41, 5.74) is 2.44. The Hall–Kier alpha value is -1.43. The number of aryl methyl sites for hydroxylation is 1. The van der Waals surface area contributed by atoms with Crippen molar-refractivity contribution in [1.29, 1.82) is 0 Å². The smallest absolute Gasteiger partial charge is 0.0518 e. The van der Waals surface area contributed by atoms with E-state index in [4.69, 9.17) is 0 Å². The summed E-state index contributed by atoms with van der Waals surface area (Å²) in [7, 11) is 1.97. The monoisotopic (exact) mass is 361 g/mol. The highest BCUT2D eigenvalue weighted by Crippen LogP contribution is 2.33. The van der Waals surface area contributed by atoms with Crippen LogP contribution in [0.5, 0.6) is 0 Å². The highest BCUT2D eigenvalue weighted by Gasteiger charge is 2.06. The summed E-state index contributed by atoms with van der Waals surface area (Å²) in [6.45, 7) is 1.71. The van der Waals surface area contributed by atoms with E-state index in [1.54, 1.807) is 0 Å². The average molecular weight is 362 g/mol. The van der Waals surface area contributed by atoms with Gasteiger partial charge in [-0.3, -0.25) is 4.68 Å². The second-order valence-electron chi connectivity index (χ2n) is 4.80. The van der Waals surface area contributed by atoms with Gasteiger partial charge in [-0.25, -0.2) is 0 Å². The molecule has 2 aromatic heterocycles. The number of hydrogen-bond acceptors (Lipinski definition) is 3. The van der Waals surface area contributed by atoms with Crippen molar-refractivity contribution < 1.29 is 0 Å². The molecule has 0 amide bonds. The lowest BCUT2D eigenvalue weighted by molar-refractivity contribution is 0.629. The van der Waals surface area contributed by atoms with E-state index in [0.717, 1.165) is 17.6 Å². The Kier molecular flexibility index (Phi) is 4.53. The van der Waals surface area contributed by atoms with Gasteiger partial charge in [0.05, 0.1) is 5.69 Å². The van der Waals surface area contributed by atoms with Crippen LogP contribution in [-0.2, 0) is 20.1 Å². The fraction of sp³-hybridized carbons (Fsp3) is 0.188. The van der Waals surface area contributed by atoms with Crippen molar-refractivity contribution in [3.05, 3.63) is 63.7 Å². The maximum absolute atomic E-state index is 4.17. The highest BCUT2D eigenvalue weighted by atomic mass is 79.9. The molecule has 2 heterocycles. The Morgan fingerprint density at radius 3 is 2.76 bits per heavy atom. The van der Waals surface area contributed by atoms with E-state index in [1.165, 1.54) is 21.0 Å². The molecule has 0 spiro atoms. The number of nitrogens with one attached hydrogen (secondary N) is 1. The van der Waals surface area contributed by atoms with E-state index in [1.807, 2.05) is 41.4 Å². The molecule has 1 N–H and O–H groups in total. The van der Waals surface area contributed by atoms with Crippen LogP contribution < -0.4 is 5.32 Å². The molecule has 0 saturated heterocycles. The van der Waals surface area contributed by atoms with Crippen molar-refractivity contribution in [2.75, 3.05) is 0 Å². The summed E-state index contributed by atoms with van der Waals surface area (Å²) < 4.78 is 3.04. The van der Waals surface area contributed by atoms with Crippen molar-refractivity contribution in [2.45, 2.75) is 13.1 Å². The lowest BCUT2D eigenvalue weighted by Crippen LogP contribution is -2.14. The molecule has 0 atom stereocenters. The van der Waals surface area contributed by atoms with Crippen LogP contribution in [0.25, 0.3) is 10.4 Å². The van der Waals surface area contributed by atoms with Gasteiger partial charge in [-0.1, -0.05) is 34.1 Å². The molecule has 21 heavy (non-hydrogen) atoms. The summed E-state index contributed by atoms with van der Waals surface area (Å²) in [4.78, 5) is 2.63. The van der Waals surface area contributed by atoms with Gasteiger partial charge in [0.1, 0.15) is 0 Å². The number of rotatable bonds is 5. The number of thiophene rings is 1. The molecular formula is C16H16BrN3S. The van der Waals surface area contributed by atoms with E-state index < -0.39 is 0 Å². The average Bonchev–Trinajstić information content (AvgIpc) is 3.10. The Morgan fingerprint density at radius 2 is 2.00 bits per heavy atom. The summed E-state index contributed by atoms with van der Waals surface area (Å²) >= 11 is 5.44. The van der Waals surface area contributed by atoms with Crippen LogP contribution in [0.3, 0.4) is 0 Å². The van der Waals surface area contributed by atoms with Gasteiger partial charge >= 0.3 is 0 Å². The summed E-state index contributed by atoms with van der Waals surface area (Å²) in [5.74, 6) is 0. The quantitative estimate of drug-likeness (QED) is 0.737. The van der Waals surface area contributed by atoms with Crippen LogP contribution in [-0.4, -0.2) is 9.78 Å². The first-order chi connectivity index (χ1) is 10.2. The number of nitrogens with zero attached hydrogens (tertiary/aromatic N) is 2. The van der Waals surface area contributed by atoms with Gasteiger partial charge in [0.2, 0.25) is 0 Å². The van der Waals surface area contributed by atoms with Crippen molar-refractivity contribution in [3.63, 3.8) is 0 Å². The van der Waals surface area contributed by atoms with Gasteiger partial charge in [-0.15, -0.1) is 11.3 Å². The molecule has 3 nitrogen and oxygen atoms in total. The number of benzene rings is 1. The fourth-order valence-electron chi connectivity index (χ4n) is 2.17. The SMILES string of the molecule is Cn1nccc1CNCc1ccc(-c2ccccc2Br)s1. The minimum atomic E-state index is 0.832. The lowest BCUT2D eigenvalue weighted by atomic mass is 10.2. The largest absolute Gasteiger partial charge is 0.306 e. The van der Waals surface area contributed by atoms with Crippen LogP contribution in [0.1, 0.15) is 10.6 Å². The van der Waals surface area contributed by atoms with Crippen LogP contribution in [0.2, 0.25) is 0 Å². The van der Waals surface area contributed by atoms with Gasteiger partial charge in [-0.2, -0.15) is 5.10 Å². The number of halogens is 1. The topological polar surface area (TPSA) is 29.9 Å². The molecule has 3 aromatic rings. The van der Waals surface area contributed by atoms with Crippen molar-refractivity contribution >= 4 is 27.3 Å². The van der Waals surface area contributed by atoms with Gasteiger partial charge < -0.3 is 5.32 Å². The second kappa shape index (κ2) is 6.56. The maximum Gasteiger partial charge on any atom is 0.0518 e. The summed E-state index contributed by atoms with van der Waals surface area (Å²) in [5, 5.41) is 7.63. The van der Waals surface area contributed by atoms with Crippen molar-refractivity contribution in [2.24, 2.45) is 7.05 Å². The molecule has 5 heteroatoms. The summed E-state index contributed by atoms with van der Waals surface area (Å²) in [6, 6.07) is 14.7. The first-order valence-corrected chi connectivity index (χ1v) is 8.36. The van der Waals surface area contributed by atoms with Crippen LogP contribution in [0.15, 0.2) is 53.1 Å². The fourth-order valence-corrected chi connectivity index (χ4v) is 3.81. The Morgan fingerprint density at radius 1 is 1.14 bits per heavy atom. The van der Waals surface area contributed by atoms with Gasteiger partial charge in [-0.05, 0) is 24.3 Å². The first kappa shape index (κ1) is 14.5. The normalized spacial score (nSPS) is 11.0. The third kappa shape index (κ3) is 3.43. The maximum atomic E-state index is 4.17. The molecule has 0 aliphatic heterocycles. The van der Waals surface area contributed by atoms with Crippen LogP contribution in [0.4, 0.5) is 0 Å². The molecule has 108 valence electrons. The molecule has 0 saturated carbocycles. The highest BCUT2D eigenvalue weighted by molar-refractivity contribution is 9.10. The van der Waals surface area contributed by atoms with Gasteiger partial charge in [0.15, 0.2) is 0 Å². The zero-order valence-electron chi connectivity index (χ0n) is 11.7. The Labute approximate surface area is 136 Å².